The minimum absolute atomic E-state index is 0.0814. The fourth-order valence-electron chi connectivity index (χ4n) is 2.02. The Labute approximate surface area is 120 Å². The number of carboxylic acids is 1. The lowest BCUT2D eigenvalue weighted by Gasteiger charge is -2.17. The van der Waals surface area contributed by atoms with Gasteiger partial charge in [-0.15, -0.1) is 0 Å². The number of aliphatic carboxylic acids is 1. The Morgan fingerprint density at radius 2 is 1.90 bits per heavy atom. The number of aryl methyl sites for hydroxylation is 2. The van der Waals surface area contributed by atoms with Gasteiger partial charge in [-0.05, 0) is 37.8 Å². The van der Waals surface area contributed by atoms with Crippen LogP contribution in [-0.4, -0.2) is 25.5 Å². The van der Waals surface area contributed by atoms with E-state index in [1.165, 1.54) is 6.07 Å². The Balaban J connectivity index is 3.06. The van der Waals surface area contributed by atoms with Crippen molar-refractivity contribution in [3.63, 3.8) is 0 Å². The van der Waals surface area contributed by atoms with Crippen LogP contribution in [0.2, 0.25) is 0 Å². The lowest BCUT2D eigenvalue weighted by atomic mass is 10.1. The van der Waals surface area contributed by atoms with Gasteiger partial charge in [0.15, 0.2) is 0 Å². The standard InChI is InChI=1S/C14H21NO4S/c1-9(2)7-12(14(16)17)15-20(18,19)13-6-5-10(3)8-11(13)4/h5-6,8-9,12,15H,7H2,1-4H3,(H,16,17)/t12-/m1/s1. The number of nitrogens with one attached hydrogen (secondary N) is 1. The van der Waals surface area contributed by atoms with Gasteiger partial charge >= 0.3 is 5.97 Å². The molecule has 6 heteroatoms. The smallest absolute Gasteiger partial charge is 0.321 e. The van der Waals surface area contributed by atoms with E-state index in [1.807, 2.05) is 20.8 Å². The van der Waals surface area contributed by atoms with Crippen LogP contribution in [-0.2, 0) is 14.8 Å². The van der Waals surface area contributed by atoms with Gasteiger partial charge in [0.25, 0.3) is 0 Å². The Bertz CT molecular complexity index is 593. The summed E-state index contributed by atoms with van der Waals surface area (Å²) in [5.74, 6) is -1.08. The molecule has 0 fully saturated rings. The van der Waals surface area contributed by atoms with Gasteiger partial charge in [0.1, 0.15) is 6.04 Å². The van der Waals surface area contributed by atoms with Crippen molar-refractivity contribution in [2.45, 2.75) is 45.1 Å². The Kier molecular flexibility index (Phi) is 5.30. The highest BCUT2D eigenvalue weighted by atomic mass is 32.2. The molecule has 0 aromatic heterocycles. The van der Waals surface area contributed by atoms with Gasteiger partial charge in [-0.3, -0.25) is 4.79 Å². The molecule has 20 heavy (non-hydrogen) atoms. The molecule has 0 spiro atoms. The first kappa shape index (κ1) is 16.7. The molecule has 0 saturated carbocycles. The van der Waals surface area contributed by atoms with Crippen LogP contribution in [0.1, 0.15) is 31.4 Å². The third-order valence-electron chi connectivity index (χ3n) is 2.92. The summed E-state index contributed by atoms with van der Waals surface area (Å²) >= 11 is 0. The maximum atomic E-state index is 12.3. The lowest BCUT2D eigenvalue weighted by molar-refractivity contribution is -0.139. The largest absolute Gasteiger partial charge is 0.480 e. The summed E-state index contributed by atoms with van der Waals surface area (Å²) in [7, 11) is -3.83. The van der Waals surface area contributed by atoms with Crippen molar-refractivity contribution in [3.05, 3.63) is 29.3 Å². The molecule has 0 aliphatic heterocycles. The van der Waals surface area contributed by atoms with E-state index in [0.29, 0.717) is 5.56 Å². The molecule has 0 heterocycles. The molecule has 112 valence electrons. The van der Waals surface area contributed by atoms with Crippen molar-refractivity contribution < 1.29 is 18.3 Å². The van der Waals surface area contributed by atoms with E-state index in [9.17, 15) is 13.2 Å². The quantitative estimate of drug-likeness (QED) is 0.842. The highest BCUT2D eigenvalue weighted by Gasteiger charge is 2.26. The van der Waals surface area contributed by atoms with E-state index in [4.69, 9.17) is 5.11 Å². The molecule has 0 amide bonds. The zero-order chi connectivity index (χ0) is 15.5. The SMILES string of the molecule is Cc1ccc(S(=O)(=O)N[C@H](CC(C)C)C(=O)O)c(C)c1. The van der Waals surface area contributed by atoms with Gasteiger partial charge in [0.05, 0.1) is 4.90 Å². The number of benzene rings is 1. The van der Waals surface area contributed by atoms with Crippen LogP contribution in [0.4, 0.5) is 0 Å². The van der Waals surface area contributed by atoms with E-state index in [1.54, 1.807) is 19.1 Å². The Morgan fingerprint density at radius 1 is 1.30 bits per heavy atom. The molecule has 1 rings (SSSR count). The van der Waals surface area contributed by atoms with Crippen LogP contribution in [0.25, 0.3) is 0 Å². The molecule has 5 nitrogen and oxygen atoms in total. The zero-order valence-electron chi connectivity index (χ0n) is 12.2. The van der Waals surface area contributed by atoms with Gasteiger partial charge in [-0.1, -0.05) is 31.5 Å². The van der Waals surface area contributed by atoms with Crippen LogP contribution < -0.4 is 4.72 Å². The second kappa shape index (κ2) is 6.37. The van der Waals surface area contributed by atoms with Gasteiger partial charge in [0.2, 0.25) is 10.0 Å². The summed E-state index contributed by atoms with van der Waals surface area (Å²) in [4.78, 5) is 11.3. The van der Waals surface area contributed by atoms with E-state index in [0.717, 1.165) is 5.56 Å². The first-order valence-corrected chi connectivity index (χ1v) is 7.94. The third-order valence-corrected chi connectivity index (χ3v) is 4.55. The Hall–Kier alpha value is -1.40. The maximum Gasteiger partial charge on any atom is 0.321 e. The zero-order valence-corrected chi connectivity index (χ0v) is 13.0. The fourth-order valence-corrected chi connectivity index (χ4v) is 3.45. The second-order valence-corrected chi connectivity index (χ2v) is 7.09. The van der Waals surface area contributed by atoms with Gasteiger partial charge in [-0.2, -0.15) is 4.72 Å². The summed E-state index contributed by atoms with van der Waals surface area (Å²) in [6.45, 7) is 7.26. The molecule has 1 atom stereocenters. The fraction of sp³-hybridized carbons (Fsp3) is 0.500. The summed E-state index contributed by atoms with van der Waals surface area (Å²) in [6, 6.07) is 3.84. The number of hydrogen-bond acceptors (Lipinski definition) is 3. The summed E-state index contributed by atoms with van der Waals surface area (Å²) in [5.41, 5.74) is 1.56. The molecule has 0 radical (unpaired) electrons. The molecular formula is C14H21NO4S. The van der Waals surface area contributed by atoms with Gasteiger partial charge in [-0.25, -0.2) is 8.42 Å². The number of carboxylic acid groups (broad SMARTS) is 1. The van der Waals surface area contributed by atoms with Crippen LogP contribution >= 0.6 is 0 Å². The molecule has 1 aromatic rings. The first-order chi connectivity index (χ1) is 9.13. The molecule has 2 N–H and O–H groups in total. The number of rotatable bonds is 6. The van der Waals surface area contributed by atoms with Crippen molar-refractivity contribution in [1.82, 2.24) is 4.72 Å². The number of sulfonamides is 1. The summed E-state index contributed by atoms with van der Waals surface area (Å²) in [5, 5.41) is 9.12. The second-order valence-electron chi connectivity index (χ2n) is 5.41. The van der Waals surface area contributed by atoms with E-state index in [2.05, 4.69) is 4.72 Å². The van der Waals surface area contributed by atoms with Crippen molar-refractivity contribution in [3.8, 4) is 0 Å². The minimum Gasteiger partial charge on any atom is -0.480 e. The lowest BCUT2D eigenvalue weighted by Crippen LogP contribution is -2.41. The molecule has 1 aromatic carbocycles. The van der Waals surface area contributed by atoms with Crippen molar-refractivity contribution in [1.29, 1.82) is 0 Å². The predicted octanol–water partition coefficient (Wildman–Crippen LogP) is 2.08. The molecule has 0 saturated heterocycles. The topological polar surface area (TPSA) is 83.5 Å². The normalized spacial score (nSPS) is 13.4. The van der Waals surface area contributed by atoms with Crippen LogP contribution in [0.5, 0.6) is 0 Å². The van der Waals surface area contributed by atoms with Crippen molar-refractivity contribution in [2.75, 3.05) is 0 Å². The van der Waals surface area contributed by atoms with Crippen LogP contribution in [0, 0.1) is 19.8 Å². The molecular weight excluding hydrogens is 278 g/mol. The predicted molar refractivity (Wildman–Crippen MR) is 77.1 cm³/mol. The minimum atomic E-state index is -3.83. The molecule has 0 aliphatic rings. The molecule has 0 unspecified atom stereocenters. The van der Waals surface area contributed by atoms with Crippen LogP contribution in [0.15, 0.2) is 23.1 Å². The van der Waals surface area contributed by atoms with Crippen LogP contribution in [0.3, 0.4) is 0 Å². The first-order valence-electron chi connectivity index (χ1n) is 6.46. The highest BCUT2D eigenvalue weighted by Crippen LogP contribution is 2.17. The average molecular weight is 299 g/mol. The Morgan fingerprint density at radius 3 is 2.35 bits per heavy atom. The molecule has 0 bridgehead atoms. The average Bonchev–Trinajstić information content (AvgIpc) is 2.26. The summed E-state index contributed by atoms with van der Waals surface area (Å²) in [6.07, 6.45) is 0.249. The van der Waals surface area contributed by atoms with Crippen molar-refractivity contribution >= 4 is 16.0 Å². The third kappa shape index (κ3) is 4.31. The van der Waals surface area contributed by atoms with E-state index < -0.39 is 22.0 Å². The number of carbonyl (C=O) groups is 1. The van der Waals surface area contributed by atoms with Gasteiger partial charge < -0.3 is 5.11 Å². The van der Waals surface area contributed by atoms with E-state index in [-0.39, 0.29) is 17.2 Å². The maximum absolute atomic E-state index is 12.3. The van der Waals surface area contributed by atoms with E-state index >= 15 is 0 Å². The number of hydrogen-bond donors (Lipinski definition) is 2. The highest BCUT2D eigenvalue weighted by molar-refractivity contribution is 7.89. The van der Waals surface area contributed by atoms with Gasteiger partial charge in [0, 0.05) is 0 Å². The molecule has 0 aliphatic carbocycles. The monoisotopic (exact) mass is 299 g/mol. The summed E-state index contributed by atoms with van der Waals surface area (Å²) < 4.78 is 26.8. The van der Waals surface area contributed by atoms with Crippen molar-refractivity contribution in [2.24, 2.45) is 5.92 Å².